The number of non-ortho nitro benzene ring substituents is 1. The lowest BCUT2D eigenvalue weighted by Gasteiger charge is -2.22. The van der Waals surface area contributed by atoms with Crippen molar-refractivity contribution in [3.05, 3.63) is 38.9 Å². The summed E-state index contributed by atoms with van der Waals surface area (Å²) in [6.45, 7) is 2.94. The molecule has 0 unspecified atom stereocenters. The van der Waals surface area contributed by atoms with Crippen LogP contribution < -0.4 is 0 Å². The highest BCUT2D eigenvalue weighted by Gasteiger charge is 2.29. The zero-order chi connectivity index (χ0) is 14.1. The van der Waals surface area contributed by atoms with Crippen LogP contribution in [-0.2, 0) is 6.54 Å². The second-order valence-electron chi connectivity index (χ2n) is 6.11. The maximum absolute atomic E-state index is 10.9. The van der Waals surface area contributed by atoms with Crippen LogP contribution in [0.2, 0.25) is 5.02 Å². The van der Waals surface area contributed by atoms with Gasteiger partial charge in [-0.15, -0.1) is 0 Å². The van der Waals surface area contributed by atoms with Gasteiger partial charge in [0, 0.05) is 36.8 Å². The maximum Gasteiger partial charge on any atom is 0.269 e. The van der Waals surface area contributed by atoms with Crippen LogP contribution >= 0.6 is 11.6 Å². The first kappa shape index (κ1) is 13.8. The second kappa shape index (κ2) is 5.70. The third kappa shape index (κ3) is 3.70. The standard InChI is InChI=1S/C15H19ClN2O2/c16-15-6-5-14(18(19)20)7-13(15)10-17(8-11-1-2-11)9-12-3-4-12/h5-7,11-12H,1-4,8-10H2. The highest BCUT2D eigenvalue weighted by atomic mass is 35.5. The van der Waals surface area contributed by atoms with Crippen LogP contribution in [0.1, 0.15) is 31.2 Å². The Morgan fingerprint density at radius 1 is 1.20 bits per heavy atom. The van der Waals surface area contributed by atoms with E-state index in [4.69, 9.17) is 11.6 Å². The number of hydrogen-bond donors (Lipinski definition) is 0. The number of benzene rings is 1. The molecule has 2 saturated carbocycles. The molecule has 0 aromatic heterocycles. The molecule has 1 aromatic rings. The fraction of sp³-hybridized carbons (Fsp3) is 0.600. The van der Waals surface area contributed by atoms with Gasteiger partial charge in [0.15, 0.2) is 0 Å². The van der Waals surface area contributed by atoms with Crippen molar-refractivity contribution < 1.29 is 4.92 Å². The summed E-state index contributed by atoms with van der Waals surface area (Å²) >= 11 is 6.20. The third-order valence-electron chi connectivity index (χ3n) is 4.06. The van der Waals surface area contributed by atoms with Crippen LogP contribution in [0.5, 0.6) is 0 Å². The molecule has 0 radical (unpaired) electrons. The van der Waals surface area contributed by atoms with E-state index in [-0.39, 0.29) is 10.6 Å². The zero-order valence-corrected chi connectivity index (χ0v) is 12.2. The Balaban J connectivity index is 1.71. The zero-order valence-electron chi connectivity index (χ0n) is 11.4. The minimum Gasteiger partial charge on any atom is -0.298 e. The number of nitro groups is 1. The van der Waals surface area contributed by atoms with E-state index in [2.05, 4.69) is 4.90 Å². The first-order valence-corrected chi connectivity index (χ1v) is 7.65. The molecule has 2 aliphatic carbocycles. The summed E-state index contributed by atoms with van der Waals surface area (Å²) in [4.78, 5) is 13.0. The first-order chi connectivity index (χ1) is 9.61. The van der Waals surface area contributed by atoms with Crippen LogP contribution in [0.25, 0.3) is 0 Å². The van der Waals surface area contributed by atoms with Crippen molar-refractivity contribution in [3.63, 3.8) is 0 Å². The van der Waals surface area contributed by atoms with Crippen molar-refractivity contribution in [3.8, 4) is 0 Å². The fourth-order valence-electron chi connectivity index (χ4n) is 2.57. The summed E-state index contributed by atoms with van der Waals surface area (Å²) in [6.07, 6.45) is 5.29. The number of halogens is 1. The van der Waals surface area contributed by atoms with E-state index in [1.54, 1.807) is 12.1 Å². The Kier molecular flexibility index (Phi) is 3.94. The Morgan fingerprint density at radius 3 is 2.30 bits per heavy atom. The van der Waals surface area contributed by atoms with Gasteiger partial charge >= 0.3 is 0 Å². The van der Waals surface area contributed by atoms with Gasteiger partial charge in [-0.25, -0.2) is 0 Å². The van der Waals surface area contributed by atoms with E-state index < -0.39 is 0 Å². The van der Waals surface area contributed by atoms with E-state index in [1.807, 2.05) is 0 Å². The first-order valence-electron chi connectivity index (χ1n) is 7.27. The van der Waals surface area contributed by atoms with Crippen molar-refractivity contribution in [2.45, 2.75) is 32.2 Å². The van der Waals surface area contributed by atoms with Crippen molar-refractivity contribution >= 4 is 17.3 Å². The summed E-state index contributed by atoms with van der Waals surface area (Å²) in [7, 11) is 0. The molecule has 0 amide bonds. The van der Waals surface area contributed by atoms with Gasteiger partial charge in [0.1, 0.15) is 0 Å². The molecule has 0 spiro atoms. The molecule has 3 rings (SSSR count). The van der Waals surface area contributed by atoms with Crippen LogP contribution in [0, 0.1) is 22.0 Å². The number of nitro benzene ring substituents is 1. The van der Waals surface area contributed by atoms with E-state index in [0.717, 1.165) is 37.0 Å². The van der Waals surface area contributed by atoms with Crippen molar-refractivity contribution in [1.82, 2.24) is 4.90 Å². The lowest BCUT2D eigenvalue weighted by molar-refractivity contribution is -0.384. The molecule has 0 atom stereocenters. The molecular formula is C15H19ClN2O2. The Labute approximate surface area is 123 Å². The molecule has 2 fully saturated rings. The number of nitrogens with zero attached hydrogens (tertiary/aromatic N) is 2. The van der Waals surface area contributed by atoms with Gasteiger partial charge < -0.3 is 0 Å². The van der Waals surface area contributed by atoms with Crippen molar-refractivity contribution in [2.75, 3.05) is 13.1 Å². The molecule has 4 nitrogen and oxygen atoms in total. The molecule has 0 bridgehead atoms. The Hall–Kier alpha value is -1.13. The fourth-order valence-corrected chi connectivity index (χ4v) is 2.75. The van der Waals surface area contributed by atoms with Gasteiger partial charge in [-0.2, -0.15) is 0 Å². The average Bonchev–Trinajstić information content (AvgIpc) is 3.27. The van der Waals surface area contributed by atoms with Crippen LogP contribution in [0.15, 0.2) is 18.2 Å². The highest BCUT2D eigenvalue weighted by molar-refractivity contribution is 6.31. The van der Waals surface area contributed by atoms with Gasteiger partial charge in [0.05, 0.1) is 4.92 Å². The smallest absolute Gasteiger partial charge is 0.269 e. The Morgan fingerprint density at radius 2 is 1.80 bits per heavy atom. The molecule has 108 valence electrons. The maximum atomic E-state index is 10.9. The average molecular weight is 295 g/mol. The van der Waals surface area contributed by atoms with E-state index in [1.165, 1.54) is 31.7 Å². The lowest BCUT2D eigenvalue weighted by Crippen LogP contribution is -2.28. The predicted octanol–water partition coefficient (Wildman–Crippen LogP) is 3.87. The third-order valence-corrected chi connectivity index (χ3v) is 4.43. The van der Waals surface area contributed by atoms with Crippen LogP contribution in [-0.4, -0.2) is 22.9 Å². The van der Waals surface area contributed by atoms with Crippen LogP contribution in [0.4, 0.5) is 5.69 Å². The van der Waals surface area contributed by atoms with Crippen molar-refractivity contribution in [1.29, 1.82) is 0 Å². The number of hydrogen-bond acceptors (Lipinski definition) is 3. The van der Waals surface area contributed by atoms with E-state index in [0.29, 0.717) is 5.02 Å². The molecule has 0 aliphatic heterocycles. The second-order valence-corrected chi connectivity index (χ2v) is 6.52. The SMILES string of the molecule is O=[N+]([O-])c1ccc(Cl)c(CN(CC2CC2)CC2CC2)c1. The highest BCUT2D eigenvalue weighted by Crippen LogP contribution is 2.35. The van der Waals surface area contributed by atoms with E-state index in [9.17, 15) is 10.1 Å². The quantitative estimate of drug-likeness (QED) is 0.566. The monoisotopic (exact) mass is 294 g/mol. The molecule has 0 heterocycles. The van der Waals surface area contributed by atoms with Crippen molar-refractivity contribution in [2.24, 2.45) is 11.8 Å². The largest absolute Gasteiger partial charge is 0.298 e. The van der Waals surface area contributed by atoms with Gasteiger partial charge in [0.2, 0.25) is 0 Å². The molecule has 1 aromatic carbocycles. The molecule has 0 N–H and O–H groups in total. The summed E-state index contributed by atoms with van der Waals surface area (Å²) in [5.74, 6) is 1.65. The minimum absolute atomic E-state index is 0.127. The van der Waals surface area contributed by atoms with Gasteiger partial charge in [0.25, 0.3) is 5.69 Å². The summed E-state index contributed by atoms with van der Waals surface area (Å²) in [5, 5.41) is 11.5. The lowest BCUT2D eigenvalue weighted by atomic mass is 10.1. The van der Waals surface area contributed by atoms with Crippen LogP contribution in [0.3, 0.4) is 0 Å². The predicted molar refractivity (Wildman–Crippen MR) is 78.8 cm³/mol. The Bertz CT molecular complexity index is 499. The minimum atomic E-state index is -0.355. The van der Waals surface area contributed by atoms with E-state index >= 15 is 0 Å². The molecule has 2 aliphatic rings. The molecule has 0 saturated heterocycles. The molecular weight excluding hydrogens is 276 g/mol. The van der Waals surface area contributed by atoms with Gasteiger partial charge in [-0.3, -0.25) is 15.0 Å². The molecule has 20 heavy (non-hydrogen) atoms. The molecule has 5 heteroatoms. The van der Waals surface area contributed by atoms with Gasteiger partial charge in [-0.05, 0) is 49.1 Å². The topological polar surface area (TPSA) is 46.4 Å². The van der Waals surface area contributed by atoms with Gasteiger partial charge in [-0.1, -0.05) is 11.6 Å². The summed E-state index contributed by atoms with van der Waals surface area (Å²) < 4.78 is 0. The summed E-state index contributed by atoms with van der Waals surface area (Å²) in [5.41, 5.74) is 1.00. The normalized spacial score (nSPS) is 18.5. The number of rotatable bonds is 7. The summed E-state index contributed by atoms with van der Waals surface area (Å²) in [6, 6.07) is 4.73.